The molecule has 21 heavy (non-hydrogen) atoms. The Bertz CT molecular complexity index is 403. The van der Waals surface area contributed by atoms with E-state index in [1.54, 1.807) is 0 Å². The molecule has 0 spiro atoms. The van der Waals surface area contributed by atoms with E-state index in [-0.39, 0.29) is 12.8 Å². The van der Waals surface area contributed by atoms with E-state index >= 15 is 0 Å². The molecular formula is C13H16F4O4. The molecule has 1 aliphatic rings. The Morgan fingerprint density at radius 2 is 1.71 bits per heavy atom. The van der Waals surface area contributed by atoms with Crippen molar-refractivity contribution in [1.29, 1.82) is 0 Å². The van der Waals surface area contributed by atoms with Crippen molar-refractivity contribution in [2.45, 2.75) is 50.6 Å². The van der Waals surface area contributed by atoms with Crippen LogP contribution in [0.2, 0.25) is 0 Å². The van der Waals surface area contributed by atoms with E-state index in [9.17, 15) is 27.2 Å². The van der Waals surface area contributed by atoms with Gasteiger partial charge in [-0.15, -0.1) is 0 Å². The van der Waals surface area contributed by atoms with Crippen molar-refractivity contribution < 1.29 is 37.0 Å². The number of carbonyl (C=O) groups is 2. The number of carbonyl (C=O) groups excluding carboxylic acids is 1. The van der Waals surface area contributed by atoms with Crippen molar-refractivity contribution in [3.63, 3.8) is 0 Å². The normalized spacial score (nSPS) is 18.9. The summed E-state index contributed by atoms with van der Waals surface area (Å²) in [5.41, 5.74) is 0. The van der Waals surface area contributed by atoms with Crippen molar-refractivity contribution in [2.24, 2.45) is 5.92 Å². The molecule has 1 unspecified atom stereocenters. The second kappa shape index (κ2) is 7.42. The lowest BCUT2D eigenvalue weighted by molar-refractivity contribution is -0.221. The Morgan fingerprint density at radius 1 is 1.14 bits per heavy atom. The predicted molar refractivity (Wildman–Crippen MR) is 64.2 cm³/mol. The zero-order valence-corrected chi connectivity index (χ0v) is 11.1. The van der Waals surface area contributed by atoms with Gasteiger partial charge in [0.1, 0.15) is 0 Å². The number of aliphatic carboxylic acids is 1. The highest BCUT2D eigenvalue weighted by atomic mass is 19.3. The van der Waals surface area contributed by atoms with Gasteiger partial charge in [-0.1, -0.05) is 19.3 Å². The van der Waals surface area contributed by atoms with Gasteiger partial charge < -0.3 is 9.84 Å². The Hall–Kier alpha value is -1.60. The molecule has 0 aromatic heterocycles. The van der Waals surface area contributed by atoms with Gasteiger partial charge in [-0.2, -0.15) is 8.78 Å². The lowest BCUT2D eigenvalue weighted by Crippen LogP contribution is -2.48. The molecule has 0 radical (unpaired) electrons. The van der Waals surface area contributed by atoms with Gasteiger partial charge in [0, 0.05) is 18.1 Å². The molecule has 1 saturated carbocycles. The minimum Gasteiger partial charge on any atom is -0.478 e. The quantitative estimate of drug-likeness (QED) is 0.465. The van der Waals surface area contributed by atoms with Crippen molar-refractivity contribution in [3.05, 3.63) is 12.2 Å². The molecule has 0 aromatic rings. The second-order valence-electron chi connectivity index (χ2n) is 4.90. The van der Waals surface area contributed by atoms with Crippen LogP contribution in [0.3, 0.4) is 0 Å². The minimum absolute atomic E-state index is 0.267. The molecule has 4 nitrogen and oxygen atoms in total. The highest BCUT2D eigenvalue weighted by molar-refractivity contribution is 5.90. The summed E-state index contributed by atoms with van der Waals surface area (Å²) in [6.07, 6.45) is -2.82. The van der Waals surface area contributed by atoms with Gasteiger partial charge in [-0.05, 0) is 12.8 Å². The summed E-state index contributed by atoms with van der Waals surface area (Å²) in [7, 11) is 0. The summed E-state index contributed by atoms with van der Waals surface area (Å²) in [5.74, 6) is -8.16. The number of alkyl halides is 4. The number of carboxylic acids is 1. The Kier molecular flexibility index (Phi) is 6.17. The summed E-state index contributed by atoms with van der Waals surface area (Å²) in [4.78, 5) is 21.6. The van der Waals surface area contributed by atoms with Crippen molar-refractivity contribution in [3.8, 4) is 0 Å². The van der Waals surface area contributed by atoms with Gasteiger partial charge in [0.25, 0.3) is 0 Å². The molecule has 1 aliphatic carbocycles. The first-order valence-corrected chi connectivity index (χ1v) is 6.52. The second-order valence-corrected chi connectivity index (χ2v) is 4.90. The maximum atomic E-state index is 13.6. The number of ether oxygens (including phenoxy) is 1. The molecule has 8 heteroatoms. The summed E-state index contributed by atoms with van der Waals surface area (Å²) in [6, 6.07) is 0. The smallest absolute Gasteiger partial charge is 0.343 e. The molecule has 1 atom stereocenters. The minimum atomic E-state index is -4.46. The largest absolute Gasteiger partial charge is 0.478 e. The van der Waals surface area contributed by atoms with Crippen LogP contribution in [0.4, 0.5) is 17.6 Å². The maximum Gasteiger partial charge on any atom is 0.343 e. The van der Waals surface area contributed by atoms with Crippen molar-refractivity contribution in [2.75, 3.05) is 0 Å². The fourth-order valence-corrected chi connectivity index (χ4v) is 2.35. The lowest BCUT2D eigenvalue weighted by Gasteiger charge is -2.34. The van der Waals surface area contributed by atoms with Crippen LogP contribution in [0.15, 0.2) is 12.2 Å². The average molecular weight is 312 g/mol. The van der Waals surface area contributed by atoms with Crippen LogP contribution < -0.4 is 0 Å². The zero-order valence-electron chi connectivity index (χ0n) is 11.1. The first-order chi connectivity index (χ1) is 9.75. The third kappa shape index (κ3) is 5.02. The highest BCUT2D eigenvalue weighted by Crippen LogP contribution is 2.39. The summed E-state index contributed by atoms with van der Waals surface area (Å²) < 4.78 is 56.7. The molecule has 0 saturated heterocycles. The third-order valence-corrected chi connectivity index (χ3v) is 3.35. The van der Waals surface area contributed by atoms with Crippen LogP contribution in [0.25, 0.3) is 0 Å². The first kappa shape index (κ1) is 17.5. The lowest BCUT2D eigenvalue weighted by atomic mass is 9.83. The fourth-order valence-electron chi connectivity index (χ4n) is 2.35. The highest BCUT2D eigenvalue weighted by Gasteiger charge is 2.54. The Balaban J connectivity index is 2.86. The first-order valence-electron chi connectivity index (χ1n) is 6.52. The van der Waals surface area contributed by atoms with Crippen molar-refractivity contribution >= 4 is 11.9 Å². The van der Waals surface area contributed by atoms with Crippen LogP contribution in [0, 0.1) is 5.92 Å². The third-order valence-electron chi connectivity index (χ3n) is 3.35. The molecule has 0 bridgehead atoms. The topological polar surface area (TPSA) is 63.6 Å². The molecular weight excluding hydrogens is 296 g/mol. The van der Waals surface area contributed by atoms with Gasteiger partial charge in [0.15, 0.2) is 6.10 Å². The van der Waals surface area contributed by atoms with Crippen LogP contribution in [-0.4, -0.2) is 35.5 Å². The summed E-state index contributed by atoms with van der Waals surface area (Å²) >= 11 is 0. The van der Waals surface area contributed by atoms with Crippen LogP contribution >= 0.6 is 0 Å². The number of hydrogen-bond donors (Lipinski definition) is 1. The molecule has 1 fully saturated rings. The molecule has 0 aliphatic heterocycles. The molecule has 120 valence electrons. The van der Waals surface area contributed by atoms with E-state index in [0.717, 1.165) is 6.42 Å². The van der Waals surface area contributed by atoms with E-state index in [0.29, 0.717) is 25.0 Å². The number of esters is 1. The van der Waals surface area contributed by atoms with Crippen molar-refractivity contribution in [1.82, 2.24) is 0 Å². The average Bonchev–Trinajstić information content (AvgIpc) is 2.43. The van der Waals surface area contributed by atoms with E-state index < -0.39 is 36.3 Å². The molecule has 1 N–H and O–H groups in total. The molecule has 0 amide bonds. The van der Waals surface area contributed by atoms with Gasteiger partial charge >= 0.3 is 24.3 Å². The molecule has 0 aromatic carbocycles. The standard InChI is InChI=1S/C13H16F4O4/c14-12(15)13(16,17)11(8-4-2-1-3-5-8)21-10(20)7-6-9(18)19/h6-8,11-12H,1-5H2,(H,18,19)/b7-6+. The van der Waals surface area contributed by atoms with Crippen LogP contribution in [0.1, 0.15) is 32.1 Å². The number of halogens is 4. The van der Waals surface area contributed by atoms with E-state index in [4.69, 9.17) is 5.11 Å². The SMILES string of the molecule is O=C(O)/C=C/C(=O)OC(C1CCCCC1)C(F)(F)C(F)F. The number of rotatable bonds is 6. The Morgan fingerprint density at radius 3 is 2.19 bits per heavy atom. The number of hydrogen-bond acceptors (Lipinski definition) is 3. The van der Waals surface area contributed by atoms with Crippen LogP contribution in [0.5, 0.6) is 0 Å². The fraction of sp³-hybridized carbons (Fsp3) is 0.692. The van der Waals surface area contributed by atoms with E-state index in [1.165, 1.54) is 0 Å². The summed E-state index contributed by atoms with van der Waals surface area (Å²) in [5, 5.41) is 8.33. The van der Waals surface area contributed by atoms with Gasteiger partial charge in [0.05, 0.1) is 0 Å². The molecule has 0 heterocycles. The predicted octanol–water partition coefficient (Wildman–Crippen LogP) is 3.02. The van der Waals surface area contributed by atoms with Gasteiger partial charge in [0.2, 0.25) is 0 Å². The summed E-state index contributed by atoms with van der Waals surface area (Å²) in [6.45, 7) is 0. The Labute approximate surface area is 118 Å². The van der Waals surface area contributed by atoms with E-state index in [2.05, 4.69) is 4.74 Å². The van der Waals surface area contributed by atoms with Crippen LogP contribution in [-0.2, 0) is 14.3 Å². The zero-order chi connectivity index (χ0) is 16.0. The monoisotopic (exact) mass is 312 g/mol. The number of carboxylic acid groups (broad SMARTS) is 1. The van der Waals surface area contributed by atoms with Gasteiger partial charge in [-0.25, -0.2) is 18.4 Å². The van der Waals surface area contributed by atoms with E-state index in [1.807, 2.05) is 0 Å². The molecule has 1 rings (SSSR count). The van der Waals surface area contributed by atoms with Gasteiger partial charge in [-0.3, -0.25) is 0 Å². The maximum absolute atomic E-state index is 13.6.